The lowest BCUT2D eigenvalue weighted by Crippen LogP contribution is -2.36. The van der Waals surface area contributed by atoms with E-state index >= 15 is 0 Å². The van der Waals surface area contributed by atoms with E-state index in [1.807, 2.05) is 61.7 Å². The lowest BCUT2D eigenvalue weighted by Gasteiger charge is -2.13. The predicted molar refractivity (Wildman–Crippen MR) is 118 cm³/mol. The van der Waals surface area contributed by atoms with Crippen molar-refractivity contribution in [1.29, 1.82) is 5.26 Å². The largest absolute Gasteiger partial charge is 0.346 e. The van der Waals surface area contributed by atoms with Crippen molar-refractivity contribution in [2.45, 2.75) is 19.5 Å². The zero-order valence-electron chi connectivity index (χ0n) is 16.7. The summed E-state index contributed by atoms with van der Waals surface area (Å²) in [5.41, 5.74) is 4.06. The second-order valence-corrected chi connectivity index (χ2v) is 7.54. The molecule has 0 aliphatic heterocycles. The van der Waals surface area contributed by atoms with Crippen molar-refractivity contribution in [2.24, 2.45) is 0 Å². The Labute approximate surface area is 184 Å². The van der Waals surface area contributed by atoms with Gasteiger partial charge in [0.2, 0.25) is 0 Å². The summed E-state index contributed by atoms with van der Waals surface area (Å²) in [4.78, 5) is 12.6. The molecule has 0 saturated heterocycles. The Kier molecular flexibility index (Phi) is 5.83. The van der Waals surface area contributed by atoms with Gasteiger partial charge in [0.1, 0.15) is 11.8 Å². The molecule has 2 heterocycles. The molecule has 0 fully saturated rings. The van der Waals surface area contributed by atoms with Gasteiger partial charge in [-0.05, 0) is 31.2 Å². The minimum absolute atomic E-state index is 0.159. The highest BCUT2D eigenvalue weighted by Gasteiger charge is 2.15. The zero-order valence-corrected chi connectivity index (χ0v) is 17.5. The number of hydrogen-bond acceptors (Lipinski definition) is 4. The Morgan fingerprint density at radius 3 is 2.71 bits per heavy atom. The molecule has 31 heavy (non-hydrogen) atoms. The molecule has 0 unspecified atom stereocenters. The lowest BCUT2D eigenvalue weighted by atomic mass is 10.1. The first-order chi connectivity index (χ1) is 15.0. The van der Waals surface area contributed by atoms with Crippen molar-refractivity contribution in [3.05, 3.63) is 83.1 Å². The average Bonchev–Trinajstić information content (AvgIpc) is 3.44. The number of carbonyl (C=O) groups excluding carboxylic acids is 1. The van der Waals surface area contributed by atoms with Gasteiger partial charge in [-0.25, -0.2) is 0 Å². The Bertz CT molecular complexity index is 1250. The normalized spacial score (nSPS) is 11.6. The third kappa shape index (κ3) is 4.65. The number of halogens is 1. The highest BCUT2D eigenvalue weighted by molar-refractivity contribution is 6.32. The molecule has 2 aromatic heterocycles. The number of aromatic amines is 1. The van der Waals surface area contributed by atoms with Crippen molar-refractivity contribution in [1.82, 2.24) is 25.3 Å². The van der Waals surface area contributed by atoms with Crippen LogP contribution in [-0.4, -0.2) is 31.9 Å². The van der Waals surface area contributed by atoms with E-state index in [0.717, 1.165) is 22.5 Å². The third-order valence-corrected chi connectivity index (χ3v) is 5.07. The molecule has 0 radical (unpaired) electrons. The summed E-state index contributed by atoms with van der Waals surface area (Å²) in [5.74, 6) is -0.228. The molecule has 0 spiro atoms. The molecule has 4 aromatic rings. The van der Waals surface area contributed by atoms with Crippen LogP contribution in [-0.2, 0) is 6.54 Å². The molecule has 0 saturated carbocycles. The van der Waals surface area contributed by atoms with Crippen molar-refractivity contribution >= 4 is 17.5 Å². The van der Waals surface area contributed by atoms with Crippen LogP contribution >= 0.6 is 11.6 Å². The van der Waals surface area contributed by atoms with Crippen LogP contribution in [0, 0.1) is 11.3 Å². The van der Waals surface area contributed by atoms with Crippen LogP contribution < -0.4 is 5.32 Å². The molecule has 2 aromatic carbocycles. The van der Waals surface area contributed by atoms with E-state index in [0.29, 0.717) is 22.8 Å². The van der Waals surface area contributed by atoms with Crippen LogP contribution in [0.1, 0.15) is 23.0 Å². The molecule has 8 heteroatoms. The van der Waals surface area contributed by atoms with Crippen LogP contribution in [0.3, 0.4) is 0 Å². The summed E-state index contributed by atoms with van der Waals surface area (Å²) in [7, 11) is 0. The van der Waals surface area contributed by atoms with E-state index in [-0.39, 0.29) is 11.9 Å². The average molecular weight is 431 g/mol. The first kappa shape index (κ1) is 20.4. The molecule has 0 bridgehead atoms. The maximum atomic E-state index is 12.6. The van der Waals surface area contributed by atoms with Crippen LogP contribution in [0.15, 0.2) is 66.9 Å². The fourth-order valence-electron chi connectivity index (χ4n) is 3.21. The number of rotatable bonds is 6. The van der Waals surface area contributed by atoms with E-state index in [2.05, 4.69) is 20.6 Å². The predicted octanol–water partition coefficient (Wildman–Crippen LogP) is 4.28. The summed E-state index contributed by atoms with van der Waals surface area (Å²) in [6.07, 6.45) is 1.84. The van der Waals surface area contributed by atoms with Gasteiger partial charge in [-0.15, -0.1) is 0 Å². The highest BCUT2D eigenvalue weighted by atomic mass is 35.5. The maximum absolute atomic E-state index is 12.6. The number of amides is 1. The molecule has 154 valence electrons. The number of aromatic nitrogens is 4. The first-order valence-corrected chi connectivity index (χ1v) is 10.1. The summed E-state index contributed by atoms with van der Waals surface area (Å²) in [6, 6.07) is 20.4. The number of H-pyrrole nitrogens is 1. The minimum Gasteiger partial charge on any atom is -0.346 e. The smallest absolute Gasteiger partial charge is 0.269 e. The number of benzene rings is 2. The monoisotopic (exact) mass is 430 g/mol. The summed E-state index contributed by atoms with van der Waals surface area (Å²) in [5, 5.41) is 23.9. The molecular weight excluding hydrogens is 412 g/mol. The zero-order chi connectivity index (χ0) is 21.8. The number of nitrogens with zero attached hydrogens (tertiary/aromatic N) is 4. The molecule has 4 rings (SSSR count). The fourth-order valence-corrected chi connectivity index (χ4v) is 3.43. The summed E-state index contributed by atoms with van der Waals surface area (Å²) >= 11 is 6.11. The fraction of sp³-hybridized carbons (Fsp3) is 0.130. The second-order valence-electron chi connectivity index (χ2n) is 7.14. The molecule has 1 atom stereocenters. The quantitative estimate of drug-likeness (QED) is 0.476. The molecule has 1 amide bonds. The number of hydrogen-bond donors (Lipinski definition) is 2. The van der Waals surface area contributed by atoms with Gasteiger partial charge in [0.05, 0.1) is 28.5 Å². The minimum atomic E-state index is -0.228. The SMILES string of the molecule is C[C@@H](Cn1ccc(-c2ccc(C#N)c(Cl)c2)n1)NC(=O)c1cc(-c2ccccc2)n[nH]1. The Hall–Kier alpha value is -3.89. The number of nitrogens with one attached hydrogen (secondary N) is 2. The van der Waals surface area contributed by atoms with Gasteiger partial charge in [-0.1, -0.05) is 48.0 Å². The lowest BCUT2D eigenvalue weighted by molar-refractivity contribution is 0.0931. The van der Waals surface area contributed by atoms with Crippen molar-refractivity contribution in [2.75, 3.05) is 0 Å². The maximum Gasteiger partial charge on any atom is 0.269 e. The number of nitriles is 1. The van der Waals surface area contributed by atoms with E-state index < -0.39 is 0 Å². The van der Waals surface area contributed by atoms with Crippen LogP contribution in [0.4, 0.5) is 0 Å². The van der Waals surface area contributed by atoms with Gasteiger partial charge >= 0.3 is 0 Å². The van der Waals surface area contributed by atoms with Gasteiger partial charge in [-0.2, -0.15) is 15.5 Å². The van der Waals surface area contributed by atoms with Crippen molar-refractivity contribution in [3.63, 3.8) is 0 Å². The van der Waals surface area contributed by atoms with E-state index in [1.165, 1.54) is 0 Å². The van der Waals surface area contributed by atoms with E-state index in [9.17, 15) is 4.79 Å². The molecular formula is C23H19ClN6O. The van der Waals surface area contributed by atoms with E-state index in [1.54, 1.807) is 22.9 Å². The topological polar surface area (TPSA) is 99.4 Å². The molecule has 0 aliphatic carbocycles. The van der Waals surface area contributed by atoms with Gasteiger partial charge in [0.15, 0.2) is 0 Å². The highest BCUT2D eigenvalue weighted by Crippen LogP contribution is 2.24. The number of carbonyl (C=O) groups is 1. The van der Waals surface area contributed by atoms with Gasteiger partial charge in [0, 0.05) is 23.4 Å². The van der Waals surface area contributed by atoms with Crippen molar-refractivity contribution in [3.8, 4) is 28.6 Å². The standard InChI is InChI=1S/C23H19ClN6O/c1-15(26-23(31)22-12-21(27-28-22)16-5-3-2-4-6-16)14-30-10-9-20(29-30)17-7-8-18(13-25)19(24)11-17/h2-12,15H,14H2,1H3,(H,26,31)(H,27,28)/t15-/m0/s1. The van der Waals surface area contributed by atoms with Crippen LogP contribution in [0.25, 0.3) is 22.5 Å². The Balaban J connectivity index is 1.39. The van der Waals surface area contributed by atoms with Crippen LogP contribution in [0.5, 0.6) is 0 Å². The molecule has 0 aliphatic rings. The Morgan fingerprint density at radius 1 is 1.16 bits per heavy atom. The van der Waals surface area contributed by atoms with Gasteiger partial charge in [0.25, 0.3) is 5.91 Å². The van der Waals surface area contributed by atoms with Gasteiger partial charge in [-0.3, -0.25) is 14.6 Å². The second kappa shape index (κ2) is 8.86. The van der Waals surface area contributed by atoms with Gasteiger partial charge < -0.3 is 5.32 Å². The third-order valence-electron chi connectivity index (χ3n) is 4.76. The summed E-state index contributed by atoms with van der Waals surface area (Å²) in [6.45, 7) is 2.40. The molecule has 7 nitrogen and oxygen atoms in total. The summed E-state index contributed by atoms with van der Waals surface area (Å²) < 4.78 is 1.76. The van der Waals surface area contributed by atoms with Crippen LogP contribution in [0.2, 0.25) is 5.02 Å². The molecule has 2 N–H and O–H groups in total. The van der Waals surface area contributed by atoms with E-state index in [4.69, 9.17) is 16.9 Å². The Morgan fingerprint density at radius 2 is 1.97 bits per heavy atom. The van der Waals surface area contributed by atoms with Crippen molar-refractivity contribution < 1.29 is 4.79 Å². The first-order valence-electron chi connectivity index (χ1n) is 9.68.